The van der Waals surface area contributed by atoms with E-state index < -0.39 is 16.1 Å². The van der Waals surface area contributed by atoms with Gasteiger partial charge in [-0.2, -0.15) is 4.31 Å². The molecular formula is C22H29N3O4S. The normalized spacial score (nSPS) is 16.7. The van der Waals surface area contributed by atoms with Gasteiger partial charge in [0.25, 0.3) is 5.91 Å². The van der Waals surface area contributed by atoms with Crippen LogP contribution in [0.4, 0.5) is 0 Å². The molecule has 1 heterocycles. The van der Waals surface area contributed by atoms with E-state index in [0.29, 0.717) is 31.9 Å². The van der Waals surface area contributed by atoms with Gasteiger partial charge >= 0.3 is 0 Å². The Hall–Kier alpha value is -2.42. The van der Waals surface area contributed by atoms with Crippen LogP contribution < -0.4 is 10.1 Å². The largest absolute Gasteiger partial charge is 0.481 e. The number of benzene rings is 2. The molecule has 7 nitrogen and oxygen atoms in total. The van der Waals surface area contributed by atoms with E-state index in [2.05, 4.69) is 22.3 Å². The van der Waals surface area contributed by atoms with Crippen LogP contribution in [0.1, 0.15) is 12.5 Å². The summed E-state index contributed by atoms with van der Waals surface area (Å²) in [6.07, 6.45) is -0.698. The Bertz CT molecular complexity index is 898. The van der Waals surface area contributed by atoms with Gasteiger partial charge in [-0.3, -0.25) is 9.69 Å². The van der Waals surface area contributed by atoms with Crippen LogP contribution in [0.3, 0.4) is 0 Å². The fourth-order valence-electron chi connectivity index (χ4n) is 3.34. The third-order valence-corrected chi connectivity index (χ3v) is 6.93. The van der Waals surface area contributed by atoms with E-state index in [1.807, 2.05) is 36.4 Å². The number of hydrogen-bond donors (Lipinski definition) is 1. The van der Waals surface area contributed by atoms with Crippen molar-refractivity contribution in [2.45, 2.75) is 19.6 Å². The highest BCUT2D eigenvalue weighted by atomic mass is 32.2. The number of rotatable bonds is 9. The van der Waals surface area contributed by atoms with Crippen molar-refractivity contribution in [1.29, 1.82) is 0 Å². The summed E-state index contributed by atoms with van der Waals surface area (Å²) in [5.41, 5.74) is 1.23. The smallest absolute Gasteiger partial charge is 0.260 e. The van der Waals surface area contributed by atoms with Crippen LogP contribution >= 0.6 is 0 Å². The Labute approximate surface area is 178 Å². The molecule has 0 radical (unpaired) electrons. The number of amides is 1. The molecule has 2 aromatic carbocycles. The maximum atomic E-state index is 12.6. The number of nitrogens with zero attached hydrogens (tertiary/aromatic N) is 2. The van der Waals surface area contributed by atoms with Gasteiger partial charge in [-0.1, -0.05) is 48.5 Å². The lowest BCUT2D eigenvalue weighted by Gasteiger charge is -2.34. The molecule has 1 saturated heterocycles. The second kappa shape index (κ2) is 10.6. The van der Waals surface area contributed by atoms with Crippen LogP contribution in [-0.4, -0.2) is 68.1 Å². The maximum absolute atomic E-state index is 12.6. The SMILES string of the molecule is CC(Oc1ccccc1)C(=O)NCCS(=O)(=O)N1CCN(Cc2ccccc2)CC1. The summed E-state index contributed by atoms with van der Waals surface area (Å²) in [7, 11) is -3.41. The van der Waals surface area contributed by atoms with Gasteiger partial charge in [-0.05, 0) is 24.6 Å². The minimum Gasteiger partial charge on any atom is -0.481 e. The molecule has 3 rings (SSSR count). The fraction of sp³-hybridized carbons (Fsp3) is 0.409. The van der Waals surface area contributed by atoms with E-state index in [-0.39, 0.29) is 18.2 Å². The number of nitrogens with one attached hydrogen (secondary N) is 1. The molecule has 0 aliphatic carbocycles. The molecule has 0 spiro atoms. The highest BCUT2D eigenvalue weighted by molar-refractivity contribution is 7.89. The van der Waals surface area contributed by atoms with Gasteiger partial charge in [0.1, 0.15) is 5.75 Å². The number of piperazine rings is 1. The highest BCUT2D eigenvalue weighted by Crippen LogP contribution is 2.12. The van der Waals surface area contributed by atoms with Crippen LogP contribution in [0.15, 0.2) is 60.7 Å². The fourth-order valence-corrected chi connectivity index (χ4v) is 4.68. The maximum Gasteiger partial charge on any atom is 0.260 e. The first kappa shape index (κ1) is 22.3. The first-order valence-corrected chi connectivity index (χ1v) is 11.8. The van der Waals surface area contributed by atoms with Gasteiger partial charge in [-0.15, -0.1) is 0 Å². The summed E-state index contributed by atoms with van der Waals surface area (Å²) in [6, 6.07) is 19.2. The average Bonchev–Trinajstić information content (AvgIpc) is 2.75. The van der Waals surface area contributed by atoms with Gasteiger partial charge < -0.3 is 10.1 Å². The summed E-state index contributed by atoms with van der Waals surface area (Å²) >= 11 is 0. The molecule has 1 unspecified atom stereocenters. The average molecular weight is 432 g/mol. The lowest BCUT2D eigenvalue weighted by Crippen LogP contribution is -2.50. The Morgan fingerprint density at radius 3 is 2.23 bits per heavy atom. The van der Waals surface area contributed by atoms with E-state index in [9.17, 15) is 13.2 Å². The Morgan fingerprint density at radius 1 is 1.00 bits per heavy atom. The minimum absolute atomic E-state index is 0.0634. The molecule has 1 aliphatic rings. The van der Waals surface area contributed by atoms with Crippen molar-refractivity contribution in [3.63, 3.8) is 0 Å². The van der Waals surface area contributed by atoms with Crippen molar-refractivity contribution in [3.05, 3.63) is 66.2 Å². The number of ether oxygens (including phenoxy) is 1. The standard InChI is InChI=1S/C22H29N3O4S/c1-19(29-21-10-6-3-7-11-21)22(26)23-12-17-30(27,28)25-15-13-24(14-16-25)18-20-8-4-2-5-9-20/h2-11,19H,12-18H2,1H3,(H,23,26). The summed E-state index contributed by atoms with van der Waals surface area (Å²) < 4.78 is 32.3. The van der Waals surface area contributed by atoms with Crippen molar-refractivity contribution >= 4 is 15.9 Å². The number of carbonyl (C=O) groups is 1. The minimum atomic E-state index is -3.41. The number of sulfonamides is 1. The summed E-state index contributed by atoms with van der Waals surface area (Å²) in [5.74, 6) is 0.151. The predicted octanol–water partition coefficient (Wildman–Crippen LogP) is 1.72. The van der Waals surface area contributed by atoms with E-state index in [0.717, 1.165) is 6.54 Å². The van der Waals surface area contributed by atoms with Gasteiger partial charge in [0.05, 0.1) is 5.75 Å². The van der Waals surface area contributed by atoms with E-state index in [4.69, 9.17) is 4.74 Å². The molecule has 2 aromatic rings. The molecule has 1 amide bonds. The van der Waals surface area contributed by atoms with Crippen LogP contribution in [-0.2, 0) is 21.4 Å². The van der Waals surface area contributed by atoms with Crippen LogP contribution in [0.25, 0.3) is 0 Å². The number of carbonyl (C=O) groups excluding carboxylic acids is 1. The molecule has 1 atom stereocenters. The molecule has 0 saturated carbocycles. The van der Waals surface area contributed by atoms with Gasteiger partial charge in [0, 0.05) is 39.3 Å². The lowest BCUT2D eigenvalue weighted by atomic mass is 10.2. The first-order chi connectivity index (χ1) is 14.4. The molecule has 1 N–H and O–H groups in total. The summed E-state index contributed by atoms with van der Waals surface area (Å²) in [4.78, 5) is 14.4. The monoisotopic (exact) mass is 431 g/mol. The molecule has 162 valence electrons. The summed E-state index contributed by atoms with van der Waals surface area (Å²) in [6.45, 7) is 4.86. The second-order valence-electron chi connectivity index (χ2n) is 7.34. The third kappa shape index (κ3) is 6.55. The zero-order valence-electron chi connectivity index (χ0n) is 17.2. The molecule has 0 bridgehead atoms. The number of hydrogen-bond acceptors (Lipinski definition) is 5. The van der Waals surface area contributed by atoms with Crippen LogP contribution in [0, 0.1) is 0 Å². The van der Waals surface area contributed by atoms with Crippen molar-refractivity contribution in [1.82, 2.24) is 14.5 Å². The topological polar surface area (TPSA) is 78.9 Å². The molecule has 8 heteroatoms. The van der Waals surface area contributed by atoms with Crippen molar-refractivity contribution < 1.29 is 17.9 Å². The Balaban J connectivity index is 1.39. The molecule has 1 fully saturated rings. The molecule has 0 aromatic heterocycles. The van der Waals surface area contributed by atoms with Crippen molar-refractivity contribution in [2.24, 2.45) is 0 Å². The van der Waals surface area contributed by atoms with E-state index in [1.54, 1.807) is 19.1 Å². The van der Waals surface area contributed by atoms with Gasteiger partial charge in [0.2, 0.25) is 10.0 Å². The molecule has 1 aliphatic heterocycles. The molecule has 30 heavy (non-hydrogen) atoms. The van der Waals surface area contributed by atoms with Crippen molar-refractivity contribution in [2.75, 3.05) is 38.5 Å². The summed E-state index contributed by atoms with van der Waals surface area (Å²) in [5, 5.41) is 2.66. The zero-order chi connectivity index (χ0) is 21.4. The van der Waals surface area contributed by atoms with Crippen molar-refractivity contribution in [3.8, 4) is 5.75 Å². The van der Waals surface area contributed by atoms with E-state index in [1.165, 1.54) is 9.87 Å². The highest BCUT2D eigenvalue weighted by Gasteiger charge is 2.27. The Kier molecular flexibility index (Phi) is 7.84. The van der Waals surface area contributed by atoms with E-state index >= 15 is 0 Å². The van der Waals surface area contributed by atoms with Gasteiger partial charge in [-0.25, -0.2) is 8.42 Å². The first-order valence-electron chi connectivity index (χ1n) is 10.2. The Morgan fingerprint density at radius 2 is 1.60 bits per heavy atom. The zero-order valence-corrected chi connectivity index (χ0v) is 18.1. The van der Waals surface area contributed by atoms with Gasteiger partial charge in [0.15, 0.2) is 6.10 Å². The van der Waals surface area contributed by atoms with Crippen LogP contribution in [0.2, 0.25) is 0 Å². The van der Waals surface area contributed by atoms with Crippen LogP contribution in [0.5, 0.6) is 5.75 Å². The number of para-hydroxylation sites is 1. The second-order valence-corrected chi connectivity index (χ2v) is 9.43. The predicted molar refractivity (Wildman–Crippen MR) is 117 cm³/mol. The molecular weight excluding hydrogens is 402 g/mol. The quantitative estimate of drug-likeness (QED) is 0.654. The lowest BCUT2D eigenvalue weighted by molar-refractivity contribution is -0.127. The third-order valence-electron chi connectivity index (χ3n) is 5.06.